The first kappa shape index (κ1) is 17.6. The number of hydrogen-bond acceptors (Lipinski definition) is 4. The minimum atomic E-state index is -0.495. The zero-order valence-electron chi connectivity index (χ0n) is 12.3. The minimum absolute atomic E-state index is 0.0239. The van der Waals surface area contributed by atoms with Crippen LogP contribution in [0.15, 0.2) is 48.5 Å². The second kappa shape index (κ2) is 8.23. The number of halogens is 1. The molecule has 0 atom stereocenters. The molecule has 3 N–H and O–H groups in total. The smallest absolute Gasteiger partial charge is 0.269 e. The number of carbonyl (C=O) groups is 1. The van der Waals surface area contributed by atoms with Crippen LogP contribution < -0.4 is 16.2 Å². The molecule has 9 heteroatoms. The highest BCUT2D eigenvalue weighted by molar-refractivity contribution is 7.80. The summed E-state index contributed by atoms with van der Waals surface area (Å²) >= 11 is 10.9. The van der Waals surface area contributed by atoms with Crippen LogP contribution in [0.25, 0.3) is 0 Å². The molecule has 1 amide bonds. The number of nitrogens with one attached hydrogen (secondary N) is 3. The molecule has 0 aliphatic heterocycles. The summed E-state index contributed by atoms with van der Waals surface area (Å²) < 4.78 is 0. The zero-order valence-corrected chi connectivity index (χ0v) is 13.9. The zero-order chi connectivity index (χ0) is 17.5. The molecule has 0 aromatic heterocycles. The molecule has 2 aromatic carbocycles. The van der Waals surface area contributed by atoms with Crippen molar-refractivity contribution in [3.8, 4) is 0 Å². The van der Waals surface area contributed by atoms with Crippen molar-refractivity contribution in [1.82, 2.24) is 10.9 Å². The summed E-state index contributed by atoms with van der Waals surface area (Å²) in [6.07, 6.45) is 0.0603. The molecule has 0 spiro atoms. The Balaban J connectivity index is 1.80. The predicted octanol–water partition coefficient (Wildman–Crippen LogP) is 2.81. The Labute approximate surface area is 148 Å². The maximum absolute atomic E-state index is 11.8. The van der Waals surface area contributed by atoms with Crippen LogP contribution in [0, 0.1) is 10.1 Å². The number of non-ortho nitro benzene ring substituents is 1. The molecular formula is C15H13ClN4O3S. The van der Waals surface area contributed by atoms with Crippen LogP contribution in [-0.2, 0) is 11.2 Å². The monoisotopic (exact) mass is 364 g/mol. The summed E-state index contributed by atoms with van der Waals surface area (Å²) in [6.45, 7) is 0. The average Bonchev–Trinajstić information content (AvgIpc) is 2.53. The third kappa shape index (κ3) is 5.49. The molecule has 124 valence electrons. The summed E-state index contributed by atoms with van der Waals surface area (Å²) in [5, 5.41) is 14.2. The van der Waals surface area contributed by atoms with Crippen molar-refractivity contribution < 1.29 is 9.72 Å². The Morgan fingerprint density at radius 1 is 1.17 bits per heavy atom. The van der Waals surface area contributed by atoms with E-state index in [0.29, 0.717) is 16.3 Å². The molecule has 0 saturated carbocycles. The van der Waals surface area contributed by atoms with Gasteiger partial charge in [0.25, 0.3) is 5.69 Å². The second-order valence-electron chi connectivity index (χ2n) is 4.74. The van der Waals surface area contributed by atoms with Crippen LogP contribution in [-0.4, -0.2) is 15.9 Å². The van der Waals surface area contributed by atoms with E-state index in [1.807, 2.05) is 0 Å². The van der Waals surface area contributed by atoms with E-state index in [9.17, 15) is 14.9 Å². The lowest BCUT2D eigenvalue weighted by Crippen LogP contribution is -2.44. The van der Waals surface area contributed by atoms with Gasteiger partial charge in [-0.3, -0.25) is 25.8 Å². The van der Waals surface area contributed by atoms with Gasteiger partial charge < -0.3 is 5.32 Å². The third-order valence-electron chi connectivity index (χ3n) is 2.91. The molecule has 0 heterocycles. The van der Waals surface area contributed by atoms with E-state index in [0.717, 1.165) is 0 Å². The fourth-order valence-corrected chi connectivity index (χ4v) is 2.18. The molecule has 0 fully saturated rings. The van der Waals surface area contributed by atoms with Gasteiger partial charge in [-0.05, 0) is 36.0 Å². The predicted molar refractivity (Wildman–Crippen MR) is 95.8 cm³/mol. The van der Waals surface area contributed by atoms with Gasteiger partial charge >= 0.3 is 0 Å². The van der Waals surface area contributed by atoms with Crippen molar-refractivity contribution in [3.05, 3.63) is 69.2 Å². The Kier molecular flexibility index (Phi) is 6.05. The van der Waals surface area contributed by atoms with Gasteiger partial charge in [-0.2, -0.15) is 0 Å². The molecule has 0 saturated heterocycles. The van der Waals surface area contributed by atoms with Crippen LogP contribution >= 0.6 is 23.8 Å². The summed E-state index contributed by atoms with van der Waals surface area (Å²) in [6, 6.07) is 12.7. The summed E-state index contributed by atoms with van der Waals surface area (Å²) in [5.41, 5.74) is 6.32. The van der Waals surface area contributed by atoms with Crippen LogP contribution in [0.1, 0.15) is 5.56 Å². The normalized spacial score (nSPS) is 9.88. The van der Waals surface area contributed by atoms with E-state index in [1.54, 1.807) is 24.3 Å². The van der Waals surface area contributed by atoms with Gasteiger partial charge in [0.2, 0.25) is 5.91 Å². The first-order valence-electron chi connectivity index (χ1n) is 6.79. The van der Waals surface area contributed by atoms with Gasteiger partial charge in [0.05, 0.1) is 11.3 Å². The number of nitro benzene ring substituents is 1. The van der Waals surface area contributed by atoms with E-state index in [2.05, 4.69) is 16.2 Å². The number of amides is 1. The highest BCUT2D eigenvalue weighted by Crippen LogP contribution is 2.14. The van der Waals surface area contributed by atoms with Crippen LogP contribution in [0.4, 0.5) is 11.4 Å². The quantitative estimate of drug-likeness (QED) is 0.438. The molecule has 2 aromatic rings. The topological polar surface area (TPSA) is 96.3 Å². The van der Waals surface area contributed by atoms with Crippen molar-refractivity contribution in [2.45, 2.75) is 6.42 Å². The maximum atomic E-state index is 11.8. The lowest BCUT2D eigenvalue weighted by molar-refractivity contribution is -0.384. The number of nitrogens with zero attached hydrogens (tertiary/aromatic N) is 1. The number of thiocarbonyl (C=S) groups is 1. The number of carbonyl (C=O) groups excluding carboxylic acids is 1. The summed E-state index contributed by atoms with van der Waals surface area (Å²) in [5.74, 6) is -0.334. The molecule has 0 bridgehead atoms. The number of anilines is 1. The molecule has 24 heavy (non-hydrogen) atoms. The van der Waals surface area contributed by atoms with Gasteiger partial charge in [-0.15, -0.1) is 0 Å². The number of rotatable bonds is 4. The number of hydrazine groups is 1. The van der Waals surface area contributed by atoms with Crippen LogP contribution in [0.5, 0.6) is 0 Å². The van der Waals surface area contributed by atoms with Crippen molar-refractivity contribution in [3.63, 3.8) is 0 Å². The summed E-state index contributed by atoms with van der Waals surface area (Å²) in [4.78, 5) is 21.9. The number of benzene rings is 2. The van der Waals surface area contributed by atoms with Gasteiger partial charge in [0.15, 0.2) is 5.11 Å². The molecule has 7 nitrogen and oxygen atoms in total. The Hall–Kier alpha value is -2.71. The van der Waals surface area contributed by atoms with Gasteiger partial charge in [-0.1, -0.05) is 29.8 Å². The Bertz CT molecular complexity index is 768. The maximum Gasteiger partial charge on any atom is 0.269 e. The van der Waals surface area contributed by atoms with Crippen molar-refractivity contribution >= 4 is 46.2 Å². The van der Waals surface area contributed by atoms with E-state index in [-0.39, 0.29) is 23.1 Å². The number of nitro groups is 1. The molecule has 0 unspecified atom stereocenters. The van der Waals surface area contributed by atoms with Crippen LogP contribution in [0.3, 0.4) is 0 Å². The Morgan fingerprint density at radius 2 is 1.88 bits per heavy atom. The van der Waals surface area contributed by atoms with E-state index >= 15 is 0 Å². The van der Waals surface area contributed by atoms with Crippen molar-refractivity contribution in [2.75, 3.05) is 5.32 Å². The van der Waals surface area contributed by atoms with Gasteiger partial charge in [0.1, 0.15) is 0 Å². The number of hydrogen-bond donors (Lipinski definition) is 3. The van der Waals surface area contributed by atoms with E-state index in [4.69, 9.17) is 23.8 Å². The minimum Gasteiger partial charge on any atom is -0.331 e. The van der Waals surface area contributed by atoms with Gasteiger partial charge in [-0.25, -0.2) is 0 Å². The second-order valence-corrected chi connectivity index (χ2v) is 5.58. The van der Waals surface area contributed by atoms with Gasteiger partial charge in [0, 0.05) is 22.8 Å². The largest absolute Gasteiger partial charge is 0.331 e. The average molecular weight is 365 g/mol. The fraction of sp³-hybridized carbons (Fsp3) is 0.0667. The molecule has 0 aliphatic carbocycles. The van der Waals surface area contributed by atoms with Crippen molar-refractivity contribution in [2.24, 2.45) is 0 Å². The highest BCUT2D eigenvalue weighted by Gasteiger charge is 2.07. The first-order chi connectivity index (χ1) is 11.4. The molecule has 2 rings (SSSR count). The van der Waals surface area contributed by atoms with E-state index in [1.165, 1.54) is 24.3 Å². The molecule has 0 radical (unpaired) electrons. The van der Waals surface area contributed by atoms with Crippen LogP contribution in [0.2, 0.25) is 5.02 Å². The fourth-order valence-electron chi connectivity index (χ4n) is 1.82. The standard InChI is InChI=1S/C15H13ClN4O3S/c16-11-2-1-3-12(9-11)17-15(24)19-18-14(21)8-10-4-6-13(7-5-10)20(22)23/h1-7,9H,8H2,(H,18,21)(H2,17,19,24). The lowest BCUT2D eigenvalue weighted by atomic mass is 10.1. The SMILES string of the molecule is O=C(Cc1ccc([N+](=O)[O-])cc1)NNC(=S)Nc1cccc(Cl)c1. The Morgan fingerprint density at radius 3 is 2.50 bits per heavy atom. The third-order valence-corrected chi connectivity index (χ3v) is 3.35. The first-order valence-corrected chi connectivity index (χ1v) is 7.57. The van der Waals surface area contributed by atoms with E-state index < -0.39 is 4.92 Å². The van der Waals surface area contributed by atoms with Crippen molar-refractivity contribution in [1.29, 1.82) is 0 Å². The lowest BCUT2D eigenvalue weighted by Gasteiger charge is -2.11. The molecule has 0 aliphatic rings. The highest BCUT2D eigenvalue weighted by atomic mass is 35.5. The summed E-state index contributed by atoms with van der Waals surface area (Å²) in [7, 11) is 0. The molecular weight excluding hydrogens is 352 g/mol.